The average Bonchev–Trinajstić information content (AvgIpc) is 3.33. The summed E-state index contributed by atoms with van der Waals surface area (Å²) < 4.78 is 19.1. The first kappa shape index (κ1) is 25.8. The van der Waals surface area contributed by atoms with Gasteiger partial charge < -0.3 is 19.5 Å². The molecule has 0 aliphatic rings. The molecule has 37 heavy (non-hydrogen) atoms. The molecule has 1 N–H and O–H groups in total. The Labute approximate surface area is 218 Å². The number of carbonyl (C=O) groups is 1. The molecule has 4 aromatic rings. The van der Waals surface area contributed by atoms with Gasteiger partial charge in [-0.25, -0.2) is 0 Å². The van der Waals surface area contributed by atoms with E-state index >= 15 is 0 Å². The first-order chi connectivity index (χ1) is 17.9. The number of amides is 1. The van der Waals surface area contributed by atoms with Gasteiger partial charge in [0.05, 0.1) is 31.6 Å². The van der Waals surface area contributed by atoms with Crippen molar-refractivity contribution in [2.45, 2.75) is 40.8 Å². The highest BCUT2D eigenvalue weighted by Crippen LogP contribution is 2.29. The van der Waals surface area contributed by atoms with Crippen molar-refractivity contribution in [1.82, 2.24) is 9.78 Å². The number of nitrogens with one attached hydrogen (secondary N) is 1. The van der Waals surface area contributed by atoms with Crippen molar-refractivity contribution in [3.63, 3.8) is 0 Å². The second-order valence-electron chi connectivity index (χ2n) is 8.79. The van der Waals surface area contributed by atoms with Gasteiger partial charge in [0.15, 0.2) is 11.5 Å². The van der Waals surface area contributed by atoms with Gasteiger partial charge in [-0.3, -0.25) is 9.48 Å². The van der Waals surface area contributed by atoms with Crippen LogP contribution >= 0.6 is 0 Å². The SMILES string of the molecule is CCOc1ccc(Cn2cc(NC(=O)c3cccc(COc4cc(C)ccc4C)c3)cn2)cc1OCC. The molecule has 0 saturated heterocycles. The van der Waals surface area contributed by atoms with Crippen molar-refractivity contribution in [3.05, 3.63) is 101 Å². The lowest BCUT2D eigenvalue weighted by atomic mass is 10.1. The van der Waals surface area contributed by atoms with Gasteiger partial charge in [-0.2, -0.15) is 5.10 Å². The molecule has 4 rings (SSSR count). The van der Waals surface area contributed by atoms with E-state index in [1.807, 2.05) is 82.4 Å². The van der Waals surface area contributed by atoms with Gasteiger partial charge in [0.25, 0.3) is 5.91 Å². The summed E-state index contributed by atoms with van der Waals surface area (Å²) in [6.07, 6.45) is 3.45. The first-order valence-corrected chi connectivity index (χ1v) is 12.5. The van der Waals surface area contributed by atoms with Crippen molar-refractivity contribution >= 4 is 11.6 Å². The number of aryl methyl sites for hydroxylation is 2. The molecule has 0 radical (unpaired) electrons. The van der Waals surface area contributed by atoms with Crippen molar-refractivity contribution in [2.75, 3.05) is 18.5 Å². The Bertz CT molecular complexity index is 1360. The minimum Gasteiger partial charge on any atom is -0.490 e. The molecule has 1 heterocycles. The fourth-order valence-corrected chi connectivity index (χ4v) is 3.93. The summed E-state index contributed by atoms with van der Waals surface area (Å²) in [6, 6.07) is 19.4. The lowest BCUT2D eigenvalue weighted by Crippen LogP contribution is -2.12. The van der Waals surface area contributed by atoms with Crippen molar-refractivity contribution < 1.29 is 19.0 Å². The molecule has 0 spiro atoms. The van der Waals surface area contributed by atoms with E-state index in [-0.39, 0.29) is 5.91 Å². The zero-order valence-electron chi connectivity index (χ0n) is 21.8. The Balaban J connectivity index is 1.38. The highest BCUT2D eigenvalue weighted by atomic mass is 16.5. The van der Waals surface area contributed by atoms with Crippen LogP contribution in [0.5, 0.6) is 17.2 Å². The molecule has 7 heteroatoms. The number of anilines is 1. The van der Waals surface area contributed by atoms with Crippen LogP contribution in [0.4, 0.5) is 5.69 Å². The maximum absolute atomic E-state index is 12.9. The first-order valence-electron chi connectivity index (χ1n) is 12.5. The van der Waals surface area contributed by atoms with E-state index in [2.05, 4.69) is 16.5 Å². The van der Waals surface area contributed by atoms with Gasteiger partial charge in [-0.15, -0.1) is 0 Å². The molecule has 192 valence electrons. The topological polar surface area (TPSA) is 74.6 Å². The number of hydrogen-bond acceptors (Lipinski definition) is 5. The minimum atomic E-state index is -0.201. The van der Waals surface area contributed by atoms with Gasteiger partial charge in [0.2, 0.25) is 0 Å². The lowest BCUT2D eigenvalue weighted by Gasteiger charge is -2.12. The van der Waals surface area contributed by atoms with Crippen LogP contribution in [0.15, 0.2) is 73.1 Å². The Morgan fingerprint density at radius 3 is 2.49 bits per heavy atom. The van der Waals surface area contributed by atoms with E-state index in [1.54, 1.807) is 16.9 Å². The van der Waals surface area contributed by atoms with Crippen LogP contribution in [0, 0.1) is 13.8 Å². The number of hydrogen-bond donors (Lipinski definition) is 1. The molecular formula is C30H33N3O4. The lowest BCUT2D eigenvalue weighted by molar-refractivity contribution is 0.102. The highest BCUT2D eigenvalue weighted by Gasteiger charge is 2.11. The molecule has 7 nitrogen and oxygen atoms in total. The molecule has 3 aromatic carbocycles. The molecule has 0 atom stereocenters. The zero-order valence-corrected chi connectivity index (χ0v) is 21.8. The summed E-state index contributed by atoms with van der Waals surface area (Å²) in [5.41, 5.74) is 5.34. The maximum Gasteiger partial charge on any atom is 0.255 e. The van der Waals surface area contributed by atoms with Crippen LogP contribution in [0.25, 0.3) is 0 Å². The molecule has 0 aliphatic heterocycles. The Morgan fingerprint density at radius 1 is 0.865 bits per heavy atom. The molecule has 0 saturated carbocycles. The Kier molecular flexibility index (Phi) is 8.46. The van der Waals surface area contributed by atoms with E-state index < -0.39 is 0 Å². The summed E-state index contributed by atoms with van der Waals surface area (Å²) in [4.78, 5) is 12.9. The predicted octanol–water partition coefficient (Wildman–Crippen LogP) is 6.18. The number of carbonyl (C=O) groups excluding carboxylic acids is 1. The van der Waals surface area contributed by atoms with Crippen LogP contribution in [-0.2, 0) is 13.2 Å². The van der Waals surface area contributed by atoms with Gasteiger partial charge in [0, 0.05) is 11.8 Å². The normalized spacial score (nSPS) is 10.7. The predicted molar refractivity (Wildman–Crippen MR) is 145 cm³/mol. The monoisotopic (exact) mass is 499 g/mol. The van der Waals surface area contributed by atoms with E-state index in [9.17, 15) is 4.79 Å². The summed E-state index contributed by atoms with van der Waals surface area (Å²) in [6.45, 7) is 9.99. The van der Waals surface area contributed by atoms with Crippen molar-refractivity contribution in [2.24, 2.45) is 0 Å². The third-order valence-electron chi connectivity index (χ3n) is 5.77. The third-order valence-corrected chi connectivity index (χ3v) is 5.77. The summed E-state index contributed by atoms with van der Waals surface area (Å²) in [7, 11) is 0. The molecule has 1 amide bonds. The Hall–Kier alpha value is -4.26. The van der Waals surface area contributed by atoms with Crippen molar-refractivity contribution in [3.8, 4) is 17.2 Å². The largest absolute Gasteiger partial charge is 0.490 e. The number of ether oxygens (including phenoxy) is 3. The second-order valence-corrected chi connectivity index (χ2v) is 8.79. The maximum atomic E-state index is 12.9. The van der Waals surface area contributed by atoms with E-state index in [4.69, 9.17) is 14.2 Å². The molecular weight excluding hydrogens is 466 g/mol. The van der Waals surface area contributed by atoms with E-state index in [0.29, 0.717) is 43.4 Å². The van der Waals surface area contributed by atoms with Crippen LogP contribution < -0.4 is 19.5 Å². The standard InChI is InChI=1S/C30H33N3O4/c1-5-35-27-13-12-23(16-29(27)36-6-2)18-33-19-26(17-31-33)32-30(34)25-9-7-8-24(15-25)20-37-28-14-21(3)10-11-22(28)4/h7-17,19H,5-6,18,20H2,1-4H3,(H,32,34). The van der Waals surface area contributed by atoms with Crippen molar-refractivity contribution in [1.29, 1.82) is 0 Å². The van der Waals surface area contributed by atoms with Gasteiger partial charge in [-0.1, -0.05) is 30.3 Å². The van der Waals surface area contributed by atoms with Crippen LogP contribution in [-0.4, -0.2) is 28.9 Å². The zero-order chi connectivity index (χ0) is 26.2. The fourth-order valence-electron chi connectivity index (χ4n) is 3.93. The molecule has 0 fully saturated rings. The number of aromatic nitrogens is 2. The minimum absolute atomic E-state index is 0.201. The summed E-state index contributed by atoms with van der Waals surface area (Å²) in [5.74, 6) is 2.09. The summed E-state index contributed by atoms with van der Waals surface area (Å²) in [5, 5.41) is 7.33. The van der Waals surface area contributed by atoms with E-state index in [1.165, 1.54) is 0 Å². The van der Waals surface area contributed by atoms with E-state index in [0.717, 1.165) is 33.8 Å². The molecule has 0 bridgehead atoms. The van der Waals surface area contributed by atoms with Crippen LogP contribution in [0.3, 0.4) is 0 Å². The third kappa shape index (κ3) is 6.91. The molecule has 0 unspecified atom stereocenters. The average molecular weight is 500 g/mol. The molecule has 1 aromatic heterocycles. The number of rotatable bonds is 11. The Morgan fingerprint density at radius 2 is 1.68 bits per heavy atom. The van der Waals surface area contributed by atoms with Crippen LogP contribution in [0.1, 0.15) is 46.5 Å². The second kappa shape index (κ2) is 12.1. The number of nitrogens with zero attached hydrogens (tertiary/aromatic N) is 2. The molecule has 0 aliphatic carbocycles. The van der Waals surface area contributed by atoms with Gasteiger partial charge >= 0.3 is 0 Å². The van der Waals surface area contributed by atoms with Gasteiger partial charge in [0.1, 0.15) is 12.4 Å². The summed E-state index contributed by atoms with van der Waals surface area (Å²) >= 11 is 0. The van der Waals surface area contributed by atoms with Crippen LogP contribution in [0.2, 0.25) is 0 Å². The highest BCUT2D eigenvalue weighted by molar-refractivity contribution is 6.04. The van der Waals surface area contributed by atoms with Gasteiger partial charge in [-0.05, 0) is 80.3 Å². The quantitative estimate of drug-likeness (QED) is 0.267. The fraction of sp³-hybridized carbons (Fsp3) is 0.267. The number of benzene rings is 3. The smallest absolute Gasteiger partial charge is 0.255 e.